The van der Waals surface area contributed by atoms with Gasteiger partial charge in [0.05, 0.1) is 5.69 Å². The van der Waals surface area contributed by atoms with Crippen LogP contribution in [0.4, 0.5) is 11.4 Å². The zero-order valence-electron chi connectivity index (χ0n) is 18.3. The third kappa shape index (κ3) is 4.44. The van der Waals surface area contributed by atoms with Crippen molar-refractivity contribution in [2.75, 3.05) is 5.32 Å². The predicted octanol–water partition coefficient (Wildman–Crippen LogP) is 4.32. The Balaban J connectivity index is 0.00000320. The Morgan fingerprint density at radius 3 is 2.20 bits per heavy atom. The van der Waals surface area contributed by atoms with Crippen molar-refractivity contribution in [2.45, 2.75) is 52.4 Å². The number of nitrogens with one attached hydrogen (secondary N) is 1. The van der Waals surface area contributed by atoms with E-state index in [1.807, 2.05) is 47.6 Å². The molecular weight excluding hydrogens is 380 g/mol. The van der Waals surface area contributed by atoms with Crippen LogP contribution >= 0.6 is 0 Å². The Bertz CT molecular complexity index is 1010. The van der Waals surface area contributed by atoms with Crippen molar-refractivity contribution in [2.24, 2.45) is 10.9 Å². The molecular formula is C24H30N2O4. The number of carbonyl (C=O) groups excluding carboxylic acids is 2. The van der Waals surface area contributed by atoms with Gasteiger partial charge in [-0.1, -0.05) is 53.7 Å². The maximum atomic E-state index is 13.0. The van der Waals surface area contributed by atoms with Gasteiger partial charge in [-0.2, -0.15) is 0 Å². The molecule has 1 aliphatic heterocycles. The maximum absolute atomic E-state index is 13.0. The van der Waals surface area contributed by atoms with E-state index >= 15 is 0 Å². The number of para-hydroxylation sites is 1. The second kappa shape index (κ2) is 8.03. The van der Waals surface area contributed by atoms with Gasteiger partial charge in [-0.05, 0) is 40.2 Å². The summed E-state index contributed by atoms with van der Waals surface area (Å²) in [5, 5.41) is 13.4. The van der Waals surface area contributed by atoms with E-state index in [1.165, 1.54) is 6.21 Å². The van der Waals surface area contributed by atoms with Crippen molar-refractivity contribution in [3.63, 3.8) is 0 Å². The van der Waals surface area contributed by atoms with Gasteiger partial charge in [0.1, 0.15) is 11.7 Å². The van der Waals surface area contributed by atoms with E-state index in [-0.39, 0.29) is 27.8 Å². The fourth-order valence-electron chi connectivity index (χ4n) is 3.49. The molecule has 1 unspecified atom stereocenters. The minimum Gasteiger partial charge on any atom is -0.508 e. The summed E-state index contributed by atoms with van der Waals surface area (Å²) >= 11 is 0. The number of fused-ring (bicyclic) bond motifs is 1. The molecule has 3 rings (SSSR count). The first kappa shape index (κ1) is 23.3. The highest BCUT2D eigenvalue weighted by Gasteiger charge is 2.32. The average Bonchev–Trinajstić information content (AvgIpc) is 2.60. The van der Waals surface area contributed by atoms with Crippen LogP contribution in [0.5, 0.6) is 5.75 Å². The number of anilines is 1. The molecule has 2 aromatic rings. The summed E-state index contributed by atoms with van der Waals surface area (Å²) in [6.07, 6.45) is 1.39. The lowest BCUT2D eigenvalue weighted by atomic mass is 9.79. The fourth-order valence-corrected chi connectivity index (χ4v) is 3.49. The van der Waals surface area contributed by atoms with E-state index in [4.69, 9.17) is 0 Å². The number of phenolic OH excluding ortho intramolecular Hbond substituents is 1. The third-order valence-corrected chi connectivity index (χ3v) is 5.11. The van der Waals surface area contributed by atoms with E-state index in [0.717, 1.165) is 11.1 Å². The molecule has 6 nitrogen and oxygen atoms in total. The summed E-state index contributed by atoms with van der Waals surface area (Å²) in [5.74, 6) is -1.61. The Hall–Kier alpha value is -2.99. The second-order valence-corrected chi connectivity index (χ2v) is 9.54. The number of carbonyl (C=O) groups is 2. The quantitative estimate of drug-likeness (QED) is 0.719. The fraction of sp³-hybridized carbons (Fsp3) is 0.375. The summed E-state index contributed by atoms with van der Waals surface area (Å²) in [4.78, 5) is 30.0. The van der Waals surface area contributed by atoms with Gasteiger partial charge in [0.25, 0.3) is 0 Å². The first-order valence-corrected chi connectivity index (χ1v) is 9.76. The molecule has 160 valence electrons. The number of hydrogen-bond donors (Lipinski definition) is 2. The molecule has 2 aromatic carbocycles. The normalized spacial score (nSPS) is 15.9. The first-order valence-electron chi connectivity index (χ1n) is 9.76. The zero-order chi connectivity index (χ0) is 21.6. The molecule has 0 saturated carbocycles. The number of aliphatic imine (C=N–C) groups is 1. The van der Waals surface area contributed by atoms with Crippen molar-refractivity contribution >= 4 is 29.3 Å². The smallest absolute Gasteiger partial charge is 0.240 e. The van der Waals surface area contributed by atoms with Crippen LogP contribution < -0.4 is 5.32 Å². The summed E-state index contributed by atoms with van der Waals surface area (Å²) in [6.45, 7) is 12.2. The Morgan fingerprint density at radius 2 is 1.60 bits per heavy atom. The molecule has 0 fully saturated rings. The number of phenols is 1. The lowest BCUT2D eigenvalue weighted by Gasteiger charge is -2.29. The molecule has 0 spiro atoms. The molecule has 0 bridgehead atoms. The monoisotopic (exact) mass is 410 g/mol. The lowest BCUT2D eigenvalue weighted by molar-refractivity contribution is -0.116. The molecule has 1 heterocycles. The van der Waals surface area contributed by atoms with Crippen LogP contribution in [0.2, 0.25) is 0 Å². The Kier molecular flexibility index (Phi) is 6.23. The lowest BCUT2D eigenvalue weighted by Crippen LogP contribution is -2.33. The van der Waals surface area contributed by atoms with Gasteiger partial charge in [-0.3, -0.25) is 14.6 Å². The van der Waals surface area contributed by atoms with Crippen LogP contribution in [-0.4, -0.2) is 28.5 Å². The van der Waals surface area contributed by atoms with Gasteiger partial charge in [0.2, 0.25) is 5.91 Å². The number of amides is 1. The molecule has 0 aromatic heterocycles. The number of Topliss-reactive ketones (excluding diaryl/α,β-unsaturated/α-hetero) is 1. The number of hydrogen-bond acceptors (Lipinski definition) is 4. The zero-order valence-corrected chi connectivity index (χ0v) is 18.3. The number of ketones is 1. The highest BCUT2D eigenvalue weighted by Crippen LogP contribution is 2.40. The SMILES string of the molecule is CC(C)(C)c1cc(C(C)(C)C)c(NC(=O)C2C=Nc3ccccc3C2=O)cc1O.O. The first-order chi connectivity index (χ1) is 13.4. The van der Waals surface area contributed by atoms with Crippen molar-refractivity contribution in [1.29, 1.82) is 0 Å². The van der Waals surface area contributed by atoms with E-state index in [0.29, 0.717) is 16.9 Å². The maximum Gasteiger partial charge on any atom is 0.240 e. The number of aromatic hydroxyl groups is 1. The molecule has 1 aliphatic rings. The van der Waals surface area contributed by atoms with Gasteiger partial charge in [0.15, 0.2) is 5.78 Å². The van der Waals surface area contributed by atoms with Gasteiger partial charge < -0.3 is 15.9 Å². The molecule has 6 heteroatoms. The number of benzene rings is 2. The largest absolute Gasteiger partial charge is 0.508 e. The van der Waals surface area contributed by atoms with Gasteiger partial charge in [-0.15, -0.1) is 0 Å². The molecule has 1 atom stereocenters. The van der Waals surface area contributed by atoms with Crippen molar-refractivity contribution in [3.8, 4) is 5.75 Å². The van der Waals surface area contributed by atoms with Gasteiger partial charge in [0, 0.05) is 23.5 Å². The molecule has 1 amide bonds. The summed E-state index contributed by atoms with van der Waals surface area (Å²) in [7, 11) is 0. The van der Waals surface area contributed by atoms with Crippen LogP contribution in [0.1, 0.15) is 63.0 Å². The summed E-state index contributed by atoms with van der Waals surface area (Å²) < 4.78 is 0. The number of rotatable bonds is 2. The Labute approximate surface area is 177 Å². The van der Waals surface area contributed by atoms with Gasteiger partial charge >= 0.3 is 0 Å². The number of nitrogens with zero attached hydrogens (tertiary/aromatic N) is 1. The minimum atomic E-state index is -0.998. The van der Waals surface area contributed by atoms with Crippen LogP contribution in [0.25, 0.3) is 0 Å². The second-order valence-electron chi connectivity index (χ2n) is 9.54. The van der Waals surface area contributed by atoms with E-state index in [1.54, 1.807) is 30.3 Å². The van der Waals surface area contributed by atoms with Crippen molar-refractivity contribution < 1.29 is 20.2 Å². The van der Waals surface area contributed by atoms with E-state index < -0.39 is 11.8 Å². The van der Waals surface area contributed by atoms with Crippen LogP contribution in [0, 0.1) is 5.92 Å². The minimum absolute atomic E-state index is 0. The van der Waals surface area contributed by atoms with E-state index in [9.17, 15) is 14.7 Å². The standard InChI is InChI=1S/C24H28N2O3.H2O/c1-23(2,3)16-11-17(24(4,5)6)20(27)12-19(16)26-22(29)15-13-25-18-10-8-7-9-14(18)21(15)28;/h7-13,15,27H,1-6H3,(H,26,29);1H2. The van der Waals surface area contributed by atoms with Crippen LogP contribution in [-0.2, 0) is 15.6 Å². The average molecular weight is 411 g/mol. The molecule has 30 heavy (non-hydrogen) atoms. The predicted molar refractivity (Wildman–Crippen MR) is 120 cm³/mol. The molecule has 0 radical (unpaired) electrons. The third-order valence-electron chi connectivity index (χ3n) is 5.11. The summed E-state index contributed by atoms with van der Waals surface area (Å²) in [6, 6.07) is 10.5. The highest BCUT2D eigenvalue weighted by atomic mass is 16.3. The van der Waals surface area contributed by atoms with Gasteiger partial charge in [-0.25, -0.2) is 0 Å². The van der Waals surface area contributed by atoms with Crippen molar-refractivity contribution in [3.05, 3.63) is 53.1 Å². The van der Waals surface area contributed by atoms with Crippen LogP contribution in [0.15, 0.2) is 41.4 Å². The van der Waals surface area contributed by atoms with E-state index in [2.05, 4.69) is 10.3 Å². The highest BCUT2D eigenvalue weighted by molar-refractivity contribution is 6.25. The Morgan fingerprint density at radius 1 is 1.00 bits per heavy atom. The molecule has 0 saturated heterocycles. The molecule has 4 N–H and O–H groups in total. The topological polar surface area (TPSA) is 110 Å². The molecule has 0 aliphatic carbocycles. The van der Waals surface area contributed by atoms with Crippen molar-refractivity contribution in [1.82, 2.24) is 0 Å². The van der Waals surface area contributed by atoms with Crippen LogP contribution in [0.3, 0.4) is 0 Å². The summed E-state index contributed by atoms with van der Waals surface area (Å²) in [5.41, 5.74) is 2.71.